The molecule has 1 aliphatic rings. The molecule has 1 heterocycles. The molecule has 0 radical (unpaired) electrons. The largest absolute Gasteiger partial charge is 0.368 e. The molecule has 0 amide bonds. The van der Waals surface area contributed by atoms with E-state index in [9.17, 15) is 4.79 Å². The van der Waals surface area contributed by atoms with Gasteiger partial charge in [0.15, 0.2) is 5.78 Å². The van der Waals surface area contributed by atoms with E-state index in [2.05, 4.69) is 39.7 Å². The molecule has 1 atom stereocenters. The van der Waals surface area contributed by atoms with Crippen LogP contribution in [0.3, 0.4) is 0 Å². The van der Waals surface area contributed by atoms with E-state index in [1.807, 2.05) is 18.2 Å². The van der Waals surface area contributed by atoms with Gasteiger partial charge in [0.2, 0.25) is 0 Å². The predicted molar refractivity (Wildman–Crippen MR) is 78.5 cm³/mol. The molecule has 98 valence electrons. The third-order valence-electron chi connectivity index (χ3n) is 3.65. The number of halogens is 1. The summed E-state index contributed by atoms with van der Waals surface area (Å²) in [5.74, 6) is 0.106. The number of rotatable bonds is 2. The minimum atomic E-state index is 0.106. The summed E-state index contributed by atoms with van der Waals surface area (Å²) in [7, 11) is 2.16. The number of Topliss-reactive ketones (excluding diaryl/α,β-unsaturated/α-hetero) is 1. The van der Waals surface area contributed by atoms with Gasteiger partial charge in [-0.2, -0.15) is 0 Å². The van der Waals surface area contributed by atoms with Crippen LogP contribution in [0.15, 0.2) is 22.7 Å². The molecule has 1 aromatic rings. The molecule has 4 heteroatoms. The molecule has 0 spiro atoms. The van der Waals surface area contributed by atoms with Crippen molar-refractivity contribution in [2.45, 2.75) is 19.9 Å². The first-order valence-electron chi connectivity index (χ1n) is 6.24. The summed E-state index contributed by atoms with van der Waals surface area (Å²) in [5, 5.41) is 0. The van der Waals surface area contributed by atoms with Crippen molar-refractivity contribution in [2.75, 3.05) is 31.6 Å². The minimum absolute atomic E-state index is 0.106. The standard InChI is InChI=1S/C14H19BrN2O/c1-10-9-17(7-6-16(10)3)14-5-4-12(11(2)18)8-13(14)15/h4-5,8,10H,6-7,9H2,1-3H3. The van der Waals surface area contributed by atoms with Gasteiger partial charge in [0.25, 0.3) is 0 Å². The molecule has 1 fully saturated rings. The van der Waals surface area contributed by atoms with E-state index in [1.54, 1.807) is 6.92 Å². The number of carbonyl (C=O) groups excluding carboxylic acids is 1. The summed E-state index contributed by atoms with van der Waals surface area (Å²) < 4.78 is 1.01. The van der Waals surface area contributed by atoms with Crippen molar-refractivity contribution in [3.8, 4) is 0 Å². The highest BCUT2D eigenvalue weighted by molar-refractivity contribution is 9.10. The van der Waals surface area contributed by atoms with E-state index < -0.39 is 0 Å². The topological polar surface area (TPSA) is 23.6 Å². The molecule has 18 heavy (non-hydrogen) atoms. The second kappa shape index (κ2) is 5.41. The lowest BCUT2D eigenvalue weighted by molar-refractivity contribution is 0.101. The summed E-state index contributed by atoms with van der Waals surface area (Å²) in [6, 6.07) is 6.42. The van der Waals surface area contributed by atoms with Crippen LogP contribution in [0.1, 0.15) is 24.2 Å². The Kier molecular flexibility index (Phi) is 4.07. The fraction of sp³-hybridized carbons (Fsp3) is 0.500. The van der Waals surface area contributed by atoms with E-state index in [0.29, 0.717) is 6.04 Å². The van der Waals surface area contributed by atoms with Crippen molar-refractivity contribution >= 4 is 27.4 Å². The van der Waals surface area contributed by atoms with Gasteiger partial charge in [0, 0.05) is 35.7 Å². The number of hydrogen-bond donors (Lipinski definition) is 0. The average molecular weight is 311 g/mol. The van der Waals surface area contributed by atoms with Crippen molar-refractivity contribution in [1.29, 1.82) is 0 Å². The first-order valence-corrected chi connectivity index (χ1v) is 7.04. The van der Waals surface area contributed by atoms with Gasteiger partial charge in [-0.25, -0.2) is 0 Å². The lowest BCUT2D eigenvalue weighted by Crippen LogP contribution is -2.50. The highest BCUT2D eigenvalue weighted by Gasteiger charge is 2.22. The van der Waals surface area contributed by atoms with Gasteiger partial charge < -0.3 is 9.80 Å². The molecule has 1 unspecified atom stereocenters. The molecule has 0 aliphatic carbocycles. The van der Waals surface area contributed by atoms with E-state index >= 15 is 0 Å². The van der Waals surface area contributed by atoms with Gasteiger partial charge in [0.1, 0.15) is 0 Å². The minimum Gasteiger partial charge on any atom is -0.368 e. The highest BCUT2D eigenvalue weighted by atomic mass is 79.9. The lowest BCUT2D eigenvalue weighted by Gasteiger charge is -2.39. The van der Waals surface area contributed by atoms with Crippen LogP contribution in [0, 0.1) is 0 Å². The average Bonchev–Trinajstić information content (AvgIpc) is 2.32. The Morgan fingerprint density at radius 3 is 2.67 bits per heavy atom. The first kappa shape index (κ1) is 13.6. The van der Waals surface area contributed by atoms with Crippen LogP contribution < -0.4 is 4.90 Å². The molecule has 1 aliphatic heterocycles. The Morgan fingerprint density at radius 1 is 1.39 bits per heavy atom. The van der Waals surface area contributed by atoms with Gasteiger partial charge in [-0.3, -0.25) is 4.79 Å². The van der Waals surface area contributed by atoms with Crippen molar-refractivity contribution in [3.05, 3.63) is 28.2 Å². The van der Waals surface area contributed by atoms with Gasteiger partial charge in [-0.1, -0.05) is 0 Å². The quantitative estimate of drug-likeness (QED) is 0.785. The van der Waals surface area contributed by atoms with Crippen LogP contribution in [0.2, 0.25) is 0 Å². The molecule has 0 aromatic heterocycles. The molecule has 3 nitrogen and oxygen atoms in total. The van der Waals surface area contributed by atoms with Crippen LogP contribution in [0.4, 0.5) is 5.69 Å². The monoisotopic (exact) mass is 310 g/mol. The lowest BCUT2D eigenvalue weighted by atomic mass is 10.1. The van der Waals surface area contributed by atoms with Crippen molar-refractivity contribution in [2.24, 2.45) is 0 Å². The number of benzene rings is 1. The molecule has 0 bridgehead atoms. The zero-order valence-corrected chi connectivity index (χ0v) is 12.7. The van der Waals surface area contributed by atoms with Crippen LogP contribution in [-0.4, -0.2) is 43.4 Å². The van der Waals surface area contributed by atoms with Crippen molar-refractivity contribution in [3.63, 3.8) is 0 Å². The Morgan fingerprint density at radius 2 is 2.11 bits per heavy atom. The Balaban J connectivity index is 2.21. The number of nitrogens with zero attached hydrogens (tertiary/aromatic N) is 2. The molecular formula is C14H19BrN2O. The first-order chi connectivity index (χ1) is 8.49. The number of likely N-dealkylation sites (N-methyl/N-ethyl adjacent to an activating group) is 1. The highest BCUT2D eigenvalue weighted by Crippen LogP contribution is 2.29. The van der Waals surface area contributed by atoms with Crippen molar-refractivity contribution < 1.29 is 4.79 Å². The van der Waals surface area contributed by atoms with E-state index in [1.165, 1.54) is 5.69 Å². The van der Waals surface area contributed by atoms with Gasteiger partial charge in [-0.15, -0.1) is 0 Å². The number of ketones is 1. The van der Waals surface area contributed by atoms with Gasteiger partial charge >= 0.3 is 0 Å². The predicted octanol–water partition coefficient (Wildman–Crippen LogP) is 2.79. The number of piperazine rings is 1. The second-order valence-corrected chi connectivity index (χ2v) is 5.85. The Hall–Kier alpha value is -0.870. The number of hydrogen-bond acceptors (Lipinski definition) is 3. The van der Waals surface area contributed by atoms with Crippen LogP contribution >= 0.6 is 15.9 Å². The summed E-state index contributed by atoms with van der Waals surface area (Å²) >= 11 is 3.58. The maximum atomic E-state index is 11.3. The molecule has 0 saturated carbocycles. The smallest absolute Gasteiger partial charge is 0.159 e. The molecular weight excluding hydrogens is 292 g/mol. The summed E-state index contributed by atoms with van der Waals surface area (Å²) in [4.78, 5) is 16.1. The Bertz CT molecular complexity index is 461. The van der Waals surface area contributed by atoms with Gasteiger partial charge in [-0.05, 0) is 55.0 Å². The molecule has 1 aromatic carbocycles. The SMILES string of the molecule is CC(=O)c1ccc(N2CCN(C)C(C)C2)c(Br)c1. The van der Waals surface area contributed by atoms with Gasteiger partial charge in [0.05, 0.1) is 5.69 Å². The zero-order chi connectivity index (χ0) is 13.3. The maximum Gasteiger partial charge on any atom is 0.159 e. The van der Waals surface area contributed by atoms with Crippen molar-refractivity contribution in [1.82, 2.24) is 4.90 Å². The molecule has 1 saturated heterocycles. The second-order valence-electron chi connectivity index (χ2n) is 5.00. The number of carbonyl (C=O) groups is 1. The zero-order valence-electron chi connectivity index (χ0n) is 11.1. The molecule has 2 rings (SSSR count). The normalized spacial score (nSPS) is 21.1. The Labute approximate surface area is 117 Å². The van der Waals surface area contributed by atoms with Crippen LogP contribution in [0.25, 0.3) is 0 Å². The van der Waals surface area contributed by atoms with E-state index in [4.69, 9.17) is 0 Å². The third-order valence-corrected chi connectivity index (χ3v) is 4.29. The maximum absolute atomic E-state index is 11.3. The summed E-state index contributed by atoms with van der Waals surface area (Å²) in [6.07, 6.45) is 0. The number of anilines is 1. The van der Waals surface area contributed by atoms with E-state index in [-0.39, 0.29) is 5.78 Å². The fourth-order valence-electron chi connectivity index (χ4n) is 2.25. The van der Waals surface area contributed by atoms with Crippen LogP contribution in [0.5, 0.6) is 0 Å². The summed E-state index contributed by atoms with van der Waals surface area (Å²) in [5.41, 5.74) is 1.94. The van der Waals surface area contributed by atoms with Crippen LogP contribution in [-0.2, 0) is 0 Å². The van der Waals surface area contributed by atoms with E-state index in [0.717, 1.165) is 29.7 Å². The fourth-order valence-corrected chi connectivity index (χ4v) is 2.88. The third kappa shape index (κ3) is 2.75. The molecule has 0 N–H and O–H groups in total. The summed E-state index contributed by atoms with van der Waals surface area (Å²) in [6.45, 7) is 6.96.